The molecule has 0 fully saturated rings. The minimum atomic E-state index is -1.18. The van der Waals surface area contributed by atoms with Gasteiger partial charge in [-0.1, -0.05) is 54.5 Å². The summed E-state index contributed by atoms with van der Waals surface area (Å²) in [5.74, 6) is 3.42. The highest BCUT2D eigenvalue weighted by Gasteiger charge is 2.28. The van der Waals surface area contributed by atoms with Crippen molar-refractivity contribution in [1.82, 2.24) is 10.2 Å². The first kappa shape index (κ1) is 22.7. The fourth-order valence-corrected chi connectivity index (χ4v) is 3.86. The van der Waals surface area contributed by atoms with Crippen LogP contribution in [0.1, 0.15) is 33.4 Å². The van der Waals surface area contributed by atoms with Crippen LogP contribution in [0.4, 0.5) is 4.79 Å². The molecule has 0 unspecified atom stereocenters. The van der Waals surface area contributed by atoms with Gasteiger partial charge in [0.05, 0.1) is 13.1 Å². The van der Waals surface area contributed by atoms with E-state index < -0.39 is 18.0 Å². The van der Waals surface area contributed by atoms with E-state index in [1.165, 1.54) is 24.1 Å². The third-order valence-corrected chi connectivity index (χ3v) is 5.47. The number of nitrogens with zero attached hydrogens (tertiary/aromatic N) is 1. The SMILES string of the molecule is CN(Cc1ccc(C(=O)O)o1)C(=O)C#CCNC(=O)OCC1c2ccccc2-c2ccccc21. The second-order valence-electron chi connectivity index (χ2n) is 7.71. The number of amides is 2. The molecule has 1 aliphatic carbocycles. The summed E-state index contributed by atoms with van der Waals surface area (Å²) in [7, 11) is 1.51. The first-order chi connectivity index (χ1) is 16.4. The molecule has 34 heavy (non-hydrogen) atoms. The Kier molecular flexibility index (Phi) is 6.64. The molecule has 172 valence electrons. The lowest BCUT2D eigenvalue weighted by molar-refractivity contribution is -0.124. The van der Waals surface area contributed by atoms with Crippen LogP contribution in [0.3, 0.4) is 0 Å². The number of carbonyl (C=O) groups is 3. The van der Waals surface area contributed by atoms with Gasteiger partial charge in [-0.05, 0) is 40.3 Å². The molecule has 0 saturated heterocycles. The molecule has 0 atom stereocenters. The molecule has 8 heteroatoms. The fraction of sp³-hybridized carbons (Fsp3) is 0.192. The monoisotopic (exact) mass is 458 g/mol. The van der Waals surface area contributed by atoms with Gasteiger partial charge in [-0.2, -0.15) is 0 Å². The zero-order valence-corrected chi connectivity index (χ0v) is 18.4. The molecule has 0 spiro atoms. The van der Waals surface area contributed by atoms with E-state index in [0.717, 1.165) is 22.3 Å². The minimum absolute atomic E-state index is 0.0392. The van der Waals surface area contributed by atoms with Gasteiger partial charge in [0, 0.05) is 13.0 Å². The van der Waals surface area contributed by atoms with Crippen LogP contribution in [0.2, 0.25) is 0 Å². The van der Waals surface area contributed by atoms with Gasteiger partial charge in [0.25, 0.3) is 5.91 Å². The number of hydrogen-bond donors (Lipinski definition) is 2. The highest BCUT2D eigenvalue weighted by molar-refractivity contribution is 5.93. The lowest BCUT2D eigenvalue weighted by atomic mass is 9.98. The number of nitrogens with one attached hydrogen (secondary N) is 1. The summed E-state index contributed by atoms with van der Waals surface area (Å²) in [6.45, 7) is 0.206. The molecule has 0 aliphatic heterocycles. The molecule has 1 heterocycles. The maximum atomic E-state index is 12.1. The predicted octanol–water partition coefficient (Wildman–Crippen LogP) is 3.48. The Bertz CT molecular complexity index is 1250. The summed E-state index contributed by atoms with van der Waals surface area (Å²) < 4.78 is 10.5. The molecule has 1 aromatic heterocycles. The topological polar surface area (TPSA) is 109 Å². The van der Waals surface area contributed by atoms with Gasteiger partial charge in [-0.3, -0.25) is 4.79 Å². The van der Waals surface area contributed by atoms with Crippen LogP contribution in [0.25, 0.3) is 11.1 Å². The number of carboxylic acid groups (broad SMARTS) is 1. The Morgan fingerprint density at radius 2 is 1.68 bits per heavy atom. The number of hydrogen-bond acceptors (Lipinski definition) is 5. The lowest BCUT2D eigenvalue weighted by Gasteiger charge is -2.14. The van der Waals surface area contributed by atoms with Gasteiger partial charge >= 0.3 is 12.1 Å². The molecule has 2 amide bonds. The van der Waals surface area contributed by atoms with Crippen molar-refractivity contribution in [2.45, 2.75) is 12.5 Å². The van der Waals surface area contributed by atoms with E-state index in [1.54, 1.807) is 0 Å². The van der Waals surface area contributed by atoms with E-state index in [-0.39, 0.29) is 31.4 Å². The first-order valence-electron chi connectivity index (χ1n) is 10.6. The standard InChI is InChI=1S/C26H22N2O6/c1-28(15-17-12-13-23(34-17)25(30)31)24(29)11-6-14-27-26(32)33-16-22-20-9-4-2-7-18(20)19-8-3-5-10-21(19)22/h2-5,7-10,12-13,22H,14-16H2,1H3,(H,27,32)(H,30,31). The van der Waals surface area contributed by atoms with Crippen molar-refractivity contribution < 1.29 is 28.6 Å². The van der Waals surface area contributed by atoms with E-state index in [1.807, 2.05) is 36.4 Å². The number of rotatable bonds is 6. The van der Waals surface area contributed by atoms with E-state index in [2.05, 4.69) is 29.3 Å². The van der Waals surface area contributed by atoms with E-state index in [4.69, 9.17) is 14.3 Å². The first-order valence-corrected chi connectivity index (χ1v) is 10.6. The van der Waals surface area contributed by atoms with Crippen molar-refractivity contribution in [3.05, 3.63) is 83.3 Å². The smallest absolute Gasteiger partial charge is 0.407 e. The molecule has 0 saturated carbocycles. The number of furan rings is 1. The Hall–Kier alpha value is -4.51. The number of alkyl carbamates (subject to hydrolysis) is 1. The average molecular weight is 458 g/mol. The largest absolute Gasteiger partial charge is 0.475 e. The maximum Gasteiger partial charge on any atom is 0.407 e. The molecule has 4 rings (SSSR count). The zero-order chi connectivity index (χ0) is 24.1. The van der Waals surface area contributed by atoms with Gasteiger partial charge in [0.2, 0.25) is 5.76 Å². The second-order valence-corrected chi connectivity index (χ2v) is 7.71. The minimum Gasteiger partial charge on any atom is -0.475 e. The van der Waals surface area contributed by atoms with E-state index >= 15 is 0 Å². The third-order valence-electron chi connectivity index (χ3n) is 5.47. The predicted molar refractivity (Wildman–Crippen MR) is 123 cm³/mol. The molecule has 8 nitrogen and oxygen atoms in total. The molecule has 2 aromatic carbocycles. The number of ether oxygens (including phenoxy) is 1. The number of aromatic carboxylic acids is 1. The Morgan fingerprint density at radius 3 is 2.29 bits per heavy atom. The fourth-order valence-electron chi connectivity index (χ4n) is 3.86. The Morgan fingerprint density at radius 1 is 1.03 bits per heavy atom. The Balaban J connectivity index is 1.25. The molecule has 2 N–H and O–H groups in total. The Labute approximate surface area is 196 Å². The van der Waals surface area contributed by atoms with Crippen LogP contribution >= 0.6 is 0 Å². The quantitative estimate of drug-likeness (QED) is 0.548. The molecule has 1 aliphatic rings. The van der Waals surface area contributed by atoms with Crippen LogP contribution in [0.15, 0.2) is 65.1 Å². The number of benzene rings is 2. The van der Waals surface area contributed by atoms with Crippen LogP contribution in [-0.2, 0) is 16.1 Å². The van der Waals surface area contributed by atoms with Gasteiger partial charge in [0.1, 0.15) is 12.4 Å². The van der Waals surface area contributed by atoms with Crippen molar-refractivity contribution >= 4 is 18.0 Å². The van der Waals surface area contributed by atoms with Crippen molar-refractivity contribution in [1.29, 1.82) is 0 Å². The zero-order valence-electron chi connectivity index (χ0n) is 18.4. The van der Waals surface area contributed by atoms with Crippen LogP contribution in [0, 0.1) is 11.8 Å². The summed E-state index contributed by atoms with van der Waals surface area (Å²) in [6.07, 6.45) is -0.617. The third kappa shape index (κ3) is 4.94. The normalized spacial score (nSPS) is 11.6. The van der Waals surface area contributed by atoms with Gasteiger partial charge in [-0.25, -0.2) is 9.59 Å². The number of carbonyl (C=O) groups excluding carboxylic acids is 2. The van der Waals surface area contributed by atoms with Crippen LogP contribution in [-0.4, -0.2) is 48.2 Å². The van der Waals surface area contributed by atoms with Crippen molar-refractivity contribution in [3.8, 4) is 23.0 Å². The van der Waals surface area contributed by atoms with Gasteiger partial charge in [0.15, 0.2) is 0 Å². The summed E-state index contributed by atoms with van der Waals surface area (Å²) in [6, 6.07) is 18.9. The second kappa shape index (κ2) is 9.96. The number of fused-ring (bicyclic) bond motifs is 3. The van der Waals surface area contributed by atoms with Crippen LogP contribution < -0.4 is 5.32 Å². The maximum absolute atomic E-state index is 12.1. The van der Waals surface area contributed by atoms with Crippen molar-refractivity contribution in [3.63, 3.8) is 0 Å². The summed E-state index contributed by atoms with van der Waals surface area (Å²) in [4.78, 5) is 36.4. The molecule has 0 radical (unpaired) electrons. The van der Waals surface area contributed by atoms with Crippen LogP contribution in [0.5, 0.6) is 0 Å². The highest BCUT2D eigenvalue weighted by atomic mass is 16.5. The summed E-state index contributed by atoms with van der Waals surface area (Å²) in [5.41, 5.74) is 4.54. The molecule has 3 aromatic rings. The van der Waals surface area contributed by atoms with Gasteiger partial charge in [-0.15, -0.1) is 0 Å². The molecular formula is C26H22N2O6. The average Bonchev–Trinajstić information content (AvgIpc) is 3.43. The summed E-state index contributed by atoms with van der Waals surface area (Å²) >= 11 is 0. The van der Waals surface area contributed by atoms with E-state index in [0.29, 0.717) is 5.76 Å². The van der Waals surface area contributed by atoms with Crippen molar-refractivity contribution in [2.24, 2.45) is 0 Å². The molecule has 0 bridgehead atoms. The van der Waals surface area contributed by atoms with Crippen molar-refractivity contribution in [2.75, 3.05) is 20.2 Å². The summed E-state index contributed by atoms with van der Waals surface area (Å²) in [5, 5.41) is 11.4. The highest BCUT2D eigenvalue weighted by Crippen LogP contribution is 2.44. The molecular weight excluding hydrogens is 436 g/mol. The number of carboxylic acids is 1. The van der Waals surface area contributed by atoms with E-state index in [9.17, 15) is 14.4 Å². The lowest BCUT2D eigenvalue weighted by Crippen LogP contribution is -2.27. The van der Waals surface area contributed by atoms with Gasteiger partial charge < -0.3 is 24.5 Å².